The molecule has 0 saturated carbocycles. The van der Waals surface area contributed by atoms with Gasteiger partial charge in [0.15, 0.2) is 0 Å². The second kappa shape index (κ2) is 5.18. The van der Waals surface area contributed by atoms with E-state index in [2.05, 4.69) is 29.6 Å². The number of rotatable bonds is 1. The summed E-state index contributed by atoms with van der Waals surface area (Å²) in [4.78, 5) is 4.31. The van der Waals surface area contributed by atoms with Crippen LogP contribution in [0.2, 0.25) is 0 Å². The maximum absolute atomic E-state index is 4.31. The molecule has 0 N–H and O–H groups in total. The Morgan fingerprint density at radius 1 is 1.43 bits per heavy atom. The van der Waals surface area contributed by atoms with Gasteiger partial charge in [-0.25, -0.2) is 4.98 Å². The SMILES string of the molecule is CC.CC(C)C1CCc2nccn2C1. The Labute approximate surface area is 87.4 Å². The zero-order valence-electron chi connectivity index (χ0n) is 9.83. The van der Waals surface area contributed by atoms with Crippen LogP contribution in [0.1, 0.15) is 39.9 Å². The van der Waals surface area contributed by atoms with Crippen LogP contribution in [-0.4, -0.2) is 9.55 Å². The van der Waals surface area contributed by atoms with E-state index in [4.69, 9.17) is 0 Å². The molecule has 1 atom stereocenters. The molecule has 0 bridgehead atoms. The Bertz CT molecular complexity index is 263. The van der Waals surface area contributed by atoms with Crippen molar-refractivity contribution in [1.82, 2.24) is 9.55 Å². The van der Waals surface area contributed by atoms with E-state index in [1.807, 2.05) is 20.0 Å². The minimum Gasteiger partial charge on any atom is -0.335 e. The molecule has 1 aromatic rings. The van der Waals surface area contributed by atoms with Crippen LogP contribution >= 0.6 is 0 Å². The number of hydrogen-bond donors (Lipinski definition) is 0. The first-order chi connectivity index (χ1) is 6.77. The Kier molecular flexibility index (Phi) is 4.18. The summed E-state index contributed by atoms with van der Waals surface area (Å²) in [5, 5.41) is 0. The first-order valence-electron chi connectivity index (χ1n) is 5.77. The topological polar surface area (TPSA) is 17.8 Å². The number of aryl methyl sites for hydroxylation is 1. The number of fused-ring (bicyclic) bond motifs is 1. The summed E-state index contributed by atoms with van der Waals surface area (Å²) in [6.07, 6.45) is 6.49. The van der Waals surface area contributed by atoms with Gasteiger partial charge in [-0.2, -0.15) is 0 Å². The highest BCUT2D eigenvalue weighted by molar-refractivity contribution is 4.96. The van der Waals surface area contributed by atoms with Crippen LogP contribution in [0.4, 0.5) is 0 Å². The molecular formula is C12H22N2. The molecule has 0 fully saturated rings. The van der Waals surface area contributed by atoms with Crippen molar-refractivity contribution in [2.45, 2.75) is 47.1 Å². The van der Waals surface area contributed by atoms with Crippen LogP contribution in [0.25, 0.3) is 0 Å². The summed E-state index contributed by atoms with van der Waals surface area (Å²) in [5.74, 6) is 2.93. The number of imidazole rings is 1. The average molecular weight is 194 g/mol. The van der Waals surface area contributed by atoms with Gasteiger partial charge in [0, 0.05) is 25.4 Å². The molecule has 0 saturated heterocycles. The lowest BCUT2D eigenvalue weighted by molar-refractivity contribution is 0.282. The zero-order chi connectivity index (χ0) is 10.6. The maximum Gasteiger partial charge on any atom is 0.108 e. The smallest absolute Gasteiger partial charge is 0.108 e. The lowest BCUT2D eigenvalue weighted by Crippen LogP contribution is -2.23. The van der Waals surface area contributed by atoms with Gasteiger partial charge in [-0.15, -0.1) is 0 Å². The van der Waals surface area contributed by atoms with Crippen molar-refractivity contribution in [1.29, 1.82) is 0 Å². The molecule has 2 heteroatoms. The van der Waals surface area contributed by atoms with Crippen molar-refractivity contribution in [2.75, 3.05) is 0 Å². The predicted molar refractivity (Wildman–Crippen MR) is 60.2 cm³/mol. The van der Waals surface area contributed by atoms with E-state index in [0.29, 0.717) is 0 Å². The minimum absolute atomic E-state index is 0.806. The van der Waals surface area contributed by atoms with Crippen molar-refractivity contribution in [3.63, 3.8) is 0 Å². The summed E-state index contributed by atoms with van der Waals surface area (Å²) in [7, 11) is 0. The molecule has 0 spiro atoms. The van der Waals surface area contributed by atoms with Gasteiger partial charge < -0.3 is 4.57 Å². The van der Waals surface area contributed by atoms with E-state index in [0.717, 1.165) is 18.3 Å². The third kappa shape index (κ3) is 2.37. The molecule has 2 rings (SSSR count). The first kappa shape index (κ1) is 11.3. The van der Waals surface area contributed by atoms with E-state index >= 15 is 0 Å². The standard InChI is InChI=1S/C10H16N2.C2H6/c1-8(2)9-3-4-10-11-5-6-12(10)7-9;1-2/h5-6,8-9H,3-4,7H2,1-2H3;1-2H3. The monoisotopic (exact) mass is 194 g/mol. The molecule has 2 nitrogen and oxygen atoms in total. The van der Waals surface area contributed by atoms with Gasteiger partial charge in [0.25, 0.3) is 0 Å². The maximum atomic E-state index is 4.31. The predicted octanol–water partition coefficient (Wildman–Crippen LogP) is 3.13. The summed E-state index contributed by atoms with van der Waals surface area (Å²) >= 11 is 0. The fourth-order valence-electron chi connectivity index (χ4n) is 1.94. The molecule has 0 radical (unpaired) electrons. The zero-order valence-corrected chi connectivity index (χ0v) is 9.83. The van der Waals surface area contributed by atoms with Gasteiger partial charge in [0.2, 0.25) is 0 Å². The molecule has 1 unspecified atom stereocenters. The van der Waals surface area contributed by atoms with Crippen molar-refractivity contribution in [3.8, 4) is 0 Å². The summed E-state index contributed by atoms with van der Waals surface area (Å²) < 4.78 is 2.30. The largest absolute Gasteiger partial charge is 0.335 e. The molecule has 0 amide bonds. The van der Waals surface area contributed by atoms with Crippen molar-refractivity contribution >= 4 is 0 Å². The number of hydrogen-bond acceptors (Lipinski definition) is 1. The molecule has 1 aliphatic rings. The van der Waals surface area contributed by atoms with Crippen LogP contribution in [0.15, 0.2) is 12.4 Å². The normalized spacial score (nSPS) is 19.9. The average Bonchev–Trinajstić information content (AvgIpc) is 2.67. The second-order valence-electron chi connectivity index (χ2n) is 4.04. The van der Waals surface area contributed by atoms with E-state index < -0.39 is 0 Å². The Hall–Kier alpha value is -0.790. The van der Waals surface area contributed by atoms with Crippen molar-refractivity contribution < 1.29 is 0 Å². The molecular weight excluding hydrogens is 172 g/mol. The number of nitrogens with zero attached hydrogens (tertiary/aromatic N) is 2. The molecule has 1 aliphatic heterocycles. The Morgan fingerprint density at radius 3 is 2.79 bits per heavy atom. The molecule has 1 aromatic heterocycles. The van der Waals surface area contributed by atoms with Gasteiger partial charge in [0.05, 0.1) is 0 Å². The van der Waals surface area contributed by atoms with Crippen LogP contribution in [0, 0.1) is 11.8 Å². The molecule has 0 aromatic carbocycles. The van der Waals surface area contributed by atoms with Gasteiger partial charge in [0.1, 0.15) is 5.82 Å². The second-order valence-corrected chi connectivity index (χ2v) is 4.04. The first-order valence-corrected chi connectivity index (χ1v) is 5.77. The van der Waals surface area contributed by atoms with Gasteiger partial charge in [-0.05, 0) is 18.3 Å². The van der Waals surface area contributed by atoms with Gasteiger partial charge >= 0.3 is 0 Å². The van der Waals surface area contributed by atoms with Crippen LogP contribution in [0.3, 0.4) is 0 Å². The Morgan fingerprint density at radius 2 is 2.14 bits per heavy atom. The van der Waals surface area contributed by atoms with Crippen LogP contribution in [0.5, 0.6) is 0 Å². The lowest BCUT2D eigenvalue weighted by atomic mass is 9.89. The summed E-state index contributed by atoms with van der Waals surface area (Å²) in [5.41, 5.74) is 0. The van der Waals surface area contributed by atoms with E-state index in [-0.39, 0.29) is 0 Å². The van der Waals surface area contributed by atoms with Crippen LogP contribution in [-0.2, 0) is 13.0 Å². The highest BCUT2D eigenvalue weighted by Gasteiger charge is 2.20. The highest BCUT2D eigenvalue weighted by Crippen LogP contribution is 2.24. The minimum atomic E-state index is 0.806. The van der Waals surface area contributed by atoms with E-state index in [9.17, 15) is 0 Å². The third-order valence-electron chi connectivity index (χ3n) is 2.91. The van der Waals surface area contributed by atoms with Gasteiger partial charge in [-0.1, -0.05) is 27.7 Å². The fraction of sp³-hybridized carbons (Fsp3) is 0.750. The lowest BCUT2D eigenvalue weighted by Gasteiger charge is -2.26. The molecule has 0 aliphatic carbocycles. The van der Waals surface area contributed by atoms with Crippen molar-refractivity contribution in [3.05, 3.63) is 18.2 Å². The molecule has 14 heavy (non-hydrogen) atoms. The van der Waals surface area contributed by atoms with Crippen molar-refractivity contribution in [2.24, 2.45) is 11.8 Å². The molecule has 80 valence electrons. The van der Waals surface area contributed by atoms with E-state index in [1.54, 1.807) is 0 Å². The quantitative estimate of drug-likeness (QED) is 0.671. The highest BCUT2D eigenvalue weighted by atomic mass is 15.1. The number of aromatic nitrogens is 2. The molecule has 2 heterocycles. The van der Waals surface area contributed by atoms with Gasteiger partial charge in [-0.3, -0.25) is 0 Å². The van der Waals surface area contributed by atoms with Crippen LogP contribution < -0.4 is 0 Å². The summed E-state index contributed by atoms with van der Waals surface area (Å²) in [6.45, 7) is 9.80. The van der Waals surface area contributed by atoms with E-state index in [1.165, 1.54) is 18.8 Å². The summed E-state index contributed by atoms with van der Waals surface area (Å²) in [6, 6.07) is 0. The Balaban J connectivity index is 0.000000461. The third-order valence-corrected chi connectivity index (χ3v) is 2.91. The fourth-order valence-corrected chi connectivity index (χ4v) is 1.94.